The molecule has 2 atom stereocenters. The lowest BCUT2D eigenvalue weighted by Crippen LogP contribution is -2.28. The zero-order chi connectivity index (χ0) is 14.8. The van der Waals surface area contributed by atoms with Gasteiger partial charge in [-0.3, -0.25) is 0 Å². The second kappa shape index (κ2) is 10.4. The lowest BCUT2D eigenvalue weighted by Gasteiger charge is -2.27. The Kier molecular flexibility index (Phi) is 10.2. The number of hydrogen-bond donors (Lipinski definition) is 0. The van der Waals surface area contributed by atoms with Crippen molar-refractivity contribution >= 4 is 6.71 Å². The molecule has 0 aliphatic heterocycles. The average Bonchev–Trinajstić information content (AvgIpc) is 2.36. The van der Waals surface area contributed by atoms with Crippen LogP contribution in [0.2, 0.25) is 11.6 Å². The summed E-state index contributed by atoms with van der Waals surface area (Å²) in [5.41, 5.74) is 0. The van der Waals surface area contributed by atoms with Crippen LogP contribution in [0.4, 0.5) is 0 Å². The van der Waals surface area contributed by atoms with Gasteiger partial charge in [-0.05, 0) is 6.42 Å². The lowest BCUT2D eigenvalue weighted by atomic mass is 9.32. The summed E-state index contributed by atoms with van der Waals surface area (Å²) in [6, 6.07) is 0. The van der Waals surface area contributed by atoms with E-state index in [2.05, 4.69) is 60.2 Å². The molecule has 0 aromatic heterocycles. The predicted molar refractivity (Wildman–Crippen MR) is 90.8 cm³/mol. The summed E-state index contributed by atoms with van der Waals surface area (Å²) in [5.74, 6) is 9.91. The van der Waals surface area contributed by atoms with Crippen molar-refractivity contribution in [3.63, 3.8) is 0 Å². The molecule has 0 N–H and O–H groups in total. The lowest BCUT2D eigenvalue weighted by molar-refractivity contribution is 0.568. The Morgan fingerprint density at radius 1 is 0.789 bits per heavy atom. The van der Waals surface area contributed by atoms with E-state index in [1.54, 1.807) is 0 Å². The van der Waals surface area contributed by atoms with E-state index >= 15 is 0 Å². The van der Waals surface area contributed by atoms with Crippen molar-refractivity contribution in [2.45, 2.75) is 92.2 Å². The maximum Gasteiger partial charge on any atom is 0.237 e. The zero-order valence-electron chi connectivity index (χ0n) is 14.4. The number of rotatable bonds is 8. The molecule has 0 bridgehead atoms. The van der Waals surface area contributed by atoms with Crippen LogP contribution in [0.3, 0.4) is 0 Å². The van der Waals surface area contributed by atoms with Gasteiger partial charge in [-0.25, -0.2) is 0 Å². The standard InChI is InChI=1S/C18H35B/c1-8-9-10-11-12-13-14-19(17(6)15(2)3)18(7)16(4)5/h15-18H,8-12H2,1-7H3/t17-,18-/m1/s1. The first kappa shape index (κ1) is 18.6. The van der Waals surface area contributed by atoms with Crippen LogP contribution < -0.4 is 0 Å². The molecule has 0 amide bonds. The monoisotopic (exact) mass is 262 g/mol. The summed E-state index contributed by atoms with van der Waals surface area (Å²) in [7, 11) is 0. The highest BCUT2D eigenvalue weighted by atomic mass is 14.1. The van der Waals surface area contributed by atoms with Gasteiger partial charge >= 0.3 is 0 Å². The SMILES string of the molecule is CCCCCCC#CB([C@H](C)C(C)C)[C@H](C)C(C)C. The van der Waals surface area contributed by atoms with Gasteiger partial charge in [0.05, 0.1) is 0 Å². The average molecular weight is 262 g/mol. The summed E-state index contributed by atoms with van der Waals surface area (Å²) in [5, 5.41) is 0. The summed E-state index contributed by atoms with van der Waals surface area (Å²) in [6.07, 6.45) is 6.38. The van der Waals surface area contributed by atoms with Gasteiger partial charge in [-0.2, -0.15) is 5.82 Å². The maximum atomic E-state index is 3.61. The van der Waals surface area contributed by atoms with Crippen LogP contribution in [0.5, 0.6) is 0 Å². The Morgan fingerprint density at radius 3 is 1.74 bits per heavy atom. The molecular weight excluding hydrogens is 227 g/mol. The van der Waals surface area contributed by atoms with Crippen LogP contribution in [-0.4, -0.2) is 6.71 Å². The molecule has 0 rings (SSSR count). The van der Waals surface area contributed by atoms with Gasteiger partial charge in [0.2, 0.25) is 6.71 Å². The molecule has 0 aliphatic carbocycles. The Morgan fingerprint density at radius 2 is 1.32 bits per heavy atom. The van der Waals surface area contributed by atoms with E-state index in [1.165, 1.54) is 25.7 Å². The van der Waals surface area contributed by atoms with Crippen molar-refractivity contribution in [2.24, 2.45) is 11.8 Å². The maximum absolute atomic E-state index is 3.61. The summed E-state index contributed by atoms with van der Waals surface area (Å²) in [4.78, 5) is 0. The fraction of sp³-hybridized carbons (Fsp3) is 0.889. The van der Waals surface area contributed by atoms with Gasteiger partial charge in [-0.1, -0.05) is 91.2 Å². The quantitative estimate of drug-likeness (QED) is 0.282. The third-order valence-corrected chi connectivity index (χ3v) is 4.66. The highest BCUT2D eigenvalue weighted by Crippen LogP contribution is 2.31. The highest BCUT2D eigenvalue weighted by molar-refractivity contribution is 6.70. The molecule has 1 heteroatoms. The Labute approximate surface area is 123 Å². The molecule has 0 aromatic rings. The van der Waals surface area contributed by atoms with E-state index in [9.17, 15) is 0 Å². The largest absolute Gasteiger partial charge is 0.237 e. The summed E-state index contributed by atoms with van der Waals surface area (Å²) < 4.78 is 0. The molecule has 0 aromatic carbocycles. The van der Waals surface area contributed by atoms with Crippen molar-refractivity contribution in [1.82, 2.24) is 0 Å². The molecule has 110 valence electrons. The smallest absolute Gasteiger partial charge is 0.155 e. The normalized spacial score (nSPS) is 14.2. The second-order valence-electron chi connectivity index (χ2n) is 6.86. The Balaban J connectivity index is 4.46. The molecule has 0 aliphatic rings. The first-order valence-electron chi connectivity index (χ1n) is 8.40. The molecule has 0 nitrogen and oxygen atoms in total. The van der Waals surface area contributed by atoms with Crippen molar-refractivity contribution in [3.8, 4) is 11.7 Å². The van der Waals surface area contributed by atoms with Crippen LogP contribution in [-0.2, 0) is 0 Å². The predicted octanol–water partition coefficient (Wildman–Crippen LogP) is 6.09. The van der Waals surface area contributed by atoms with Crippen LogP contribution in [0.25, 0.3) is 0 Å². The molecular formula is C18H35B. The Hall–Kier alpha value is -0.375. The minimum atomic E-state index is 0.561. The van der Waals surface area contributed by atoms with Gasteiger partial charge < -0.3 is 0 Å². The van der Waals surface area contributed by atoms with Gasteiger partial charge in [0.25, 0.3) is 0 Å². The van der Waals surface area contributed by atoms with E-state index in [4.69, 9.17) is 0 Å². The number of hydrogen-bond acceptors (Lipinski definition) is 0. The zero-order valence-corrected chi connectivity index (χ0v) is 14.4. The first-order valence-corrected chi connectivity index (χ1v) is 8.40. The Bertz CT molecular complexity index is 255. The fourth-order valence-corrected chi connectivity index (χ4v) is 2.40. The molecule has 0 heterocycles. The van der Waals surface area contributed by atoms with Crippen LogP contribution in [0.15, 0.2) is 0 Å². The first-order chi connectivity index (χ1) is 8.91. The van der Waals surface area contributed by atoms with Crippen molar-refractivity contribution in [1.29, 1.82) is 0 Å². The van der Waals surface area contributed by atoms with E-state index < -0.39 is 0 Å². The molecule has 0 spiro atoms. The van der Waals surface area contributed by atoms with E-state index in [0.29, 0.717) is 18.3 Å². The minimum Gasteiger partial charge on any atom is -0.155 e. The third kappa shape index (κ3) is 7.71. The van der Waals surface area contributed by atoms with E-state index in [0.717, 1.165) is 18.3 Å². The van der Waals surface area contributed by atoms with Crippen LogP contribution in [0.1, 0.15) is 80.6 Å². The molecule has 0 saturated heterocycles. The van der Waals surface area contributed by atoms with Gasteiger partial charge in [0.1, 0.15) is 0 Å². The van der Waals surface area contributed by atoms with Crippen LogP contribution in [0, 0.1) is 23.6 Å². The summed E-state index contributed by atoms with van der Waals surface area (Å²) >= 11 is 0. The van der Waals surface area contributed by atoms with Crippen LogP contribution >= 0.6 is 0 Å². The molecule has 0 radical (unpaired) electrons. The molecule has 0 saturated carbocycles. The van der Waals surface area contributed by atoms with E-state index in [-0.39, 0.29) is 0 Å². The summed E-state index contributed by atoms with van der Waals surface area (Å²) in [6.45, 7) is 16.9. The fourth-order valence-electron chi connectivity index (χ4n) is 2.40. The topological polar surface area (TPSA) is 0 Å². The molecule has 0 unspecified atom stereocenters. The van der Waals surface area contributed by atoms with Gasteiger partial charge in [-0.15, -0.1) is 5.92 Å². The molecule has 0 fully saturated rings. The highest BCUT2D eigenvalue weighted by Gasteiger charge is 2.30. The molecule has 19 heavy (non-hydrogen) atoms. The van der Waals surface area contributed by atoms with Gasteiger partial charge in [0.15, 0.2) is 0 Å². The second-order valence-corrected chi connectivity index (χ2v) is 6.86. The van der Waals surface area contributed by atoms with Gasteiger partial charge in [0, 0.05) is 6.42 Å². The minimum absolute atomic E-state index is 0.561. The van der Waals surface area contributed by atoms with Crippen molar-refractivity contribution in [3.05, 3.63) is 0 Å². The van der Waals surface area contributed by atoms with Crippen molar-refractivity contribution in [2.75, 3.05) is 0 Å². The number of unbranched alkanes of at least 4 members (excludes halogenated alkanes) is 4. The third-order valence-electron chi connectivity index (χ3n) is 4.66. The van der Waals surface area contributed by atoms with E-state index in [1.807, 2.05) is 0 Å². The van der Waals surface area contributed by atoms with Crippen molar-refractivity contribution < 1.29 is 0 Å².